The van der Waals surface area contributed by atoms with Gasteiger partial charge in [-0.25, -0.2) is 5.10 Å². The molecule has 0 aliphatic carbocycles. The highest BCUT2D eigenvalue weighted by atomic mass is 32.2. The molecule has 0 saturated heterocycles. The van der Waals surface area contributed by atoms with Gasteiger partial charge in [0.25, 0.3) is 0 Å². The predicted molar refractivity (Wildman–Crippen MR) is 64.4 cm³/mol. The van der Waals surface area contributed by atoms with Crippen molar-refractivity contribution < 1.29 is 4.79 Å². The molecule has 0 saturated carbocycles. The van der Waals surface area contributed by atoms with Crippen molar-refractivity contribution in [1.82, 2.24) is 20.2 Å². The topological polar surface area (TPSA) is 110 Å². The highest BCUT2D eigenvalue weighted by Crippen LogP contribution is 2.13. The Morgan fingerprint density at radius 3 is 3.12 bits per heavy atom. The summed E-state index contributed by atoms with van der Waals surface area (Å²) in [5, 5.41) is 9.45. The Labute approximate surface area is 101 Å². The Hall–Kier alpha value is -2.09. The Morgan fingerprint density at radius 1 is 1.59 bits per heavy atom. The maximum Gasteiger partial charge on any atom is 0.234 e. The van der Waals surface area contributed by atoms with Crippen LogP contribution in [0.15, 0.2) is 29.7 Å². The summed E-state index contributed by atoms with van der Waals surface area (Å²) in [5.74, 6) is 0.304. The number of aromatic amines is 1. The Kier molecular flexibility index (Phi) is 3.55. The third kappa shape index (κ3) is 3.45. The van der Waals surface area contributed by atoms with Crippen molar-refractivity contribution in [2.24, 2.45) is 0 Å². The predicted octanol–water partition coefficient (Wildman–Crippen LogP) is 0.513. The van der Waals surface area contributed by atoms with E-state index in [1.165, 1.54) is 11.8 Å². The number of H-pyrrole nitrogens is 1. The summed E-state index contributed by atoms with van der Waals surface area (Å²) in [6.07, 6.45) is 3.22. The van der Waals surface area contributed by atoms with E-state index in [9.17, 15) is 4.79 Å². The summed E-state index contributed by atoms with van der Waals surface area (Å²) in [6, 6.07) is 3.51. The molecule has 7 nitrogen and oxygen atoms in total. The second-order valence-corrected chi connectivity index (χ2v) is 4.02. The molecular weight excluding hydrogens is 240 g/mol. The number of nitrogen functional groups attached to an aromatic ring is 1. The molecule has 0 unspecified atom stereocenters. The van der Waals surface area contributed by atoms with Gasteiger partial charge >= 0.3 is 0 Å². The number of carbonyl (C=O) groups is 1. The number of rotatable bonds is 4. The zero-order valence-corrected chi connectivity index (χ0v) is 9.57. The van der Waals surface area contributed by atoms with Gasteiger partial charge in [0.1, 0.15) is 0 Å². The van der Waals surface area contributed by atoms with E-state index in [2.05, 4.69) is 25.5 Å². The van der Waals surface area contributed by atoms with Crippen LogP contribution in [-0.4, -0.2) is 31.8 Å². The lowest BCUT2D eigenvalue weighted by Crippen LogP contribution is -2.14. The number of nitrogens with two attached hydrogens (primary N) is 1. The van der Waals surface area contributed by atoms with Crippen molar-refractivity contribution in [3.8, 4) is 0 Å². The van der Waals surface area contributed by atoms with E-state index in [4.69, 9.17) is 5.73 Å². The van der Waals surface area contributed by atoms with Gasteiger partial charge in [-0.1, -0.05) is 11.8 Å². The summed E-state index contributed by atoms with van der Waals surface area (Å²) >= 11 is 1.20. The fraction of sp³-hybridized carbons (Fsp3) is 0.111. The molecule has 0 aliphatic heterocycles. The Balaban J connectivity index is 1.82. The lowest BCUT2D eigenvalue weighted by molar-refractivity contribution is -0.113. The Bertz CT molecular complexity index is 499. The summed E-state index contributed by atoms with van der Waals surface area (Å²) < 4.78 is 0. The largest absolute Gasteiger partial charge is 0.368 e. The molecule has 0 bridgehead atoms. The highest BCUT2D eigenvalue weighted by molar-refractivity contribution is 7.99. The lowest BCUT2D eigenvalue weighted by atomic mass is 10.4. The minimum Gasteiger partial charge on any atom is -0.368 e. The van der Waals surface area contributed by atoms with Gasteiger partial charge in [0.15, 0.2) is 0 Å². The van der Waals surface area contributed by atoms with Crippen molar-refractivity contribution in [1.29, 1.82) is 0 Å². The second kappa shape index (κ2) is 5.30. The highest BCUT2D eigenvalue weighted by Gasteiger charge is 2.06. The molecule has 0 aromatic carbocycles. The molecule has 2 aromatic heterocycles. The average molecular weight is 250 g/mol. The van der Waals surface area contributed by atoms with Crippen LogP contribution in [0.2, 0.25) is 0 Å². The van der Waals surface area contributed by atoms with Crippen LogP contribution in [0.1, 0.15) is 0 Å². The first-order valence-corrected chi connectivity index (χ1v) is 5.73. The molecule has 1 amide bonds. The lowest BCUT2D eigenvalue weighted by Gasteiger charge is -2.02. The molecule has 4 N–H and O–H groups in total. The molecule has 0 aliphatic rings. The molecular formula is C9H10N6OS. The van der Waals surface area contributed by atoms with E-state index in [1.54, 1.807) is 24.5 Å². The number of aromatic nitrogens is 4. The third-order valence-corrected chi connectivity index (χ3v) is 2.61. The molecule has 17 heavy (non-hydrogen) atoms. The van der Waals surface area contributed by atoms with Crippen LogP contribution in [0, 0.1) is 0 Å². The molecule has 88 valence electrons. The fourth-order valence-electron chi connectivity index (χ4n) is 1.09. The van der Waals surface area contributed by atoms with Crippen LogP contribution in [0.3, 0.4) is 0 Å². The number of nitrogens with zero attached hydrogens (tertiary/aromatic N) is 3. The van der Waals surface area contributed by atoms with Crippen LogP contribution >= 0.6 is 11.8 Å². The SMILES string of the molecule is Nc1nc(SCC(=O)Nc2cccnc2)n[nH]1. The van der Waals surface area contributed by atoms with E-state index in [0.717, 1.165) is 0 Å². The van der Waals surface area contributed by atoms with E-state index >= 15 is 0 Å². The van der Waals surface area contributed by atoms with Crippen LogP contribution in [0.4, 0.5) is 11.6 Å². The number of nitrogens with one attached hydrogen (secondary N) is 2. The van der Waals surface area contributed by atoms with Gasteiger partial charge in [-0.15, -0.1) is 5.10 Å². The second-order valence-electron chi connectivity index (χ2n) is 3.08. The quantitative estimate of drug-likeness (QED) is 0.682. The number of anilines is 2. The van der Waals surface area contributed by atoms with Gasteiger partial charge < -0.3 is 11.1 Å². The molecule has 0 atom stereocenters. The number of hydrogen-bond acceptors (Lipinski definition) is 6. The number of thioether (sulfide) groups is 1. The van der Waals surface area contributed by atoms with Crippen LogP contribution < -0.4 is 11.1 Å². The minimum absolute atomic E-state index is 0.147. The number of pyridine rings is 1. The first kappa shape index (κ1) is 11.4. The van der Waals surface area contributed by atoms with Crippen molar-refractivity contribution >= 4 is 29.3 Å². The zero-order chi connectivity index (χ0) is 12.1. The van der Waals surface area contributed by atoms with Gasteiger partial charge in [-0.05, 0) is 12.1 Å². The molecule has 0 fully saturated rings. The summed E-state index contributed by atoms with van der Waals surface area (Å²) in [5.41, 5.74) is 6.02. The van der Waals surface area contributed by atoms with E-state index in [1.807, 2.05) is 0 Å². The first-order chi connectivity index (χ1) is 8.24. The summed E-state index contributed by atoms with van der Waals surface area (Å²) in [4.78, 5) is 19.3. The number of hydrogen-bond donors (Lipinski definition) is 3. The number of amides is 1. The first-order valence-electron chi connectivity index (χ1n) is 4.74. The zero-order valence-electron chi connectivity index (χ0n) is 8.75. The molecule has 8 heteroatoms. The van der Waals surface area contributed by atoms with Crippen LogP contribution in [0.5, 0.6) is 0 Å². The monoisotopic (exact) mass is 250 g/mol. The fourth-order valence-corrected chi connectivity index (χ4v) is 1.69. The smallest absolute Gasteiger partial charge is 0.234 e. The molecule has 2 rings (SSSR count). The van der Waals surface area contributed by atoms with Gasteiger partial charge in [-0.3, -0.25) is 9.78 Å². The average Bonchev–Trinajstić information content (AvgIpc) is 2.74. The van der Waals surface area contributed by atoms with Crippen LogP contribution in [-0.2, 0) is 4.79 Å². The minimum atomic E-state index is -0.147. The van der Waals surface area contributed by atoms with E-state index < -0.39 is 0 Å². The van der Waals surface area contributed by atoms with E-state index in [-0.39, 0.29) is 17.6 Å². The normalized spacial score (nSPS) is 10.1. The van der Waals surface area contributed by atoms with Crippen LogP contribution in [0.25, 0.3) is 0 Å². The molecule has 2 heterocycles. The third-order valence-electron chi connectivity index (χ3n) is 1.76. The number of carbonyl (C=O) groups excluding carboxylic acids is 1. The summed E-state index contributed by atoms with van der Waals surface area (Å²) in [6.45, 7) is 0. The van der Waals surface area contributed by atoms with E-state index in [0.29, 0.717) is 10.8 Å². The molecule has 0 spiro atoms. The summed E-state index contributed by atoms with van der Waals surface area (Å²) in [7, 11) is 0. The Morgan fingerprint density at radius 2 is 2.47 bits per heavy atom. The van der Waals surface area contributed by atoms with Crippen molar-refractivity contribution in [3.63, 3.8) is 0 Å². The van der Waals surface area contributed by atoms with Gasteiger partial charge in [0, 0.05) is 6.20 Å². The molecule has 2 aromatic rings. The maximum atomic E-state index is 11.5. The van der Waals surface area contributed by atoms with Gasteiger partial charge in [0.2, 0.25) is 17.0 Å². The van der Waals surface area contributed by atoms with Crippen molar-refractivity contribution in [2.45, 2.75) is 5.16 Å². The van der Waals surface area contributed by atoms with Crippen molar-refractivity contribution in [2.75, 3.05) is 16.8 Å². The standard InChI is InChI=1S/C9H10N6OS/c10-8-13-9(15-14-8)17-5-7(16)12-6-2-1-3-11-4-6/h1-4H,5H2,(H,12,16)(H3,10,13,14,15). The van der Waals surface area contributed by atoms with Gasteiger partial charge in [0.05, 0.1) is 17.6 Å². The van der Waals surface area contributed by atoms with Gasteiger partial charge in [-0.2, -0.15) is 4.98 Å². The molecule has 0 radical (unpaired) electrons. The maximum absolute atomic E-state index is 11.5. The van der Waals surface area contributed by atoms with Crippen molar-refractivity contribution in [3.05, 3.63) is 24.5 Å².